The number of amides is 4. The first-order valence-corrected chi connectivity index (χ1v) is 48.3. The Morgan fingerprint density at radius 1 is 0.369 bits per heavy atom. The van der Waals surface area contributed by atoms with E-state index in [1.165, 1.54) is 50.9 Å². The lowest BCUT2D eigenvalue weighted by molar-refractivity contribution is -0.282. The lowest BCUT2D eigenvalue weighted by Gasteiger charge is -2.45. The number of nitrogens with zero attached hydrogens (tertiary/aromatic N) is 14. The van der Waals surface area contributed by atoms with E-state index in [2.05, 4.69) is 67.4 Å². The van der Waals surface area contributed by atoms with Crippen molar-refractivity contribution in [3.05, 3.63) is 35.7 Å². The van der Waals surface area contributed by atoms with Crippen molar-refractivity contribution < 1.29 is 196 Å². The minimum absolute atomic E-state index is 0.0198. The summed E-state index contributed by atoms with van der Waals surface area (Å²) >= 11 is 0. The Morgan fingerprint density at radius 2 is 0.664 bits per heavy atom. The molecule has 0 aromatic carbocycles. The molecule has 0 bridgehead atoms. The van der Waals surface area contributed by atoms with Crippen molar-refractivity contribution in [2.45, 2.75) is 304 Å². The molecule has 5 N–H and O–H groups in total. The molecular formula is C90H138N18O41. The number of nitrogens with one attached hydrogen (secondary N) is 4. The maximum absolute atomic E-state index is 13.9. The quantitative estimate of drug-likeness (QED) is 0.0212. The van der Waals surface area contributed by atoms with Gasteiger partial charge in [0.05, 0.1) is 129 Å². The molecule has 8 rings (SSSR count). The van der Waals surface area contributed by atoms with Crippen LogP contribution in [0.25, 0.3) is 0 Å². The van der Waals surface area contributed by atoms with Crippen LogP contribution in [0.2, 0.25) is 0 Å². The molecule has 59 heteroatoms. The van der Waals surface area contributed by atoms with Crippen LogP contribution in [-0.4, -0.2) is 433 Å². The standard InChI is InChI=1S/C90H138N18O41/c1-17-130-82-74(91-50(2)109)87(146-70(46-135-54(6)113)78(82)139-58(10)117)131-34-30-128-28-24-107-44-67(97-101-107)40-104(41-68-45-108(102-98-68)25-29-129-33-37-134-90-77(94-53(5)112)85(145-64(16)123)81(142-61(13)120)73(149-90)49-138-57(9)116)69(86(124)125)20-18-19-21-103(38-65-42-105(99-95-65)22-26-126-31-35-132-88-75(92-51(3)110)83(143-62(14)121)79(140-59(11)118)71(147-88)47-136-55(7)114)39-66-43-106(100-96-66)23-27-127-32-36-133-89-76(93-52(4)111)84(144-63(15)122)80(141-60(12)119)72(148-89)48-137-56(8)115/h42,44-45,66,69-85,87-90H,17-41,43,46-49H2,1-16H3,(H,91,109)(H,92,110)(H,93,111)(H,94,112)(H,124,125). The van der Waals surface area contributed by atoms with E-state index in [0.717, 1.165) is 62.3 Å². The molecule has 5 aliphatic heterocycles. The average Bonchev–Trinajstić information content (AvgIpc) is 0.818. The average molecular weight is 2130 g/mol. The molecule has 4 amide bonds. The summed E-state index contributed by atoms with van der Waals surface area (Å²) < 4.78 is 143. The van der Waals surface area contributed by atoms with Crippen molar-refractivity contribution in [2.75, 3.05) is 138 Å². The second-order valence-corrected chi connectivity index (χ2v) is 34.8. The van der Waals surface area contributed by atoms with Gasteiger partial charge < -0.3 is 140 Å². The third-order valence-corrected chi connectivity index (χ3v) is 22.3. The molecular weight excluding hydrogens is 1990 g/mol. The Labute approximate surface area is 857 Å². The Morgan fingerprint density at radius 3 is 0.960 bits per heavy atom. The fraction of sp³-hybridized carbons (Fsp3) is 0.756. The molecule has 22 atom stereocenters. The van der Waals surface area contributed by atoms with Gasteiger partial charge in [0.15, 0.2) is 67.9 Å². The number of carboxylic acid groups (broad SMARTS) is 1. The largest absolute Gasteiger partial charge is 0.480 e. The van der Waals surface area contributed by atoms with Gasteiger partial charge in [-0.3, -0.25) is 91.5 Å². The maximum atomic E-state index is 13.9. The summed E-state index contributed by atoms with van der Waals surface area (Å²) in [6, 6.07) is -6.30. The maximum Gasteiger partial charge on any atom is 0.320 e. The highest BCUT2D eigenvalue weighted by Crippen LogP contribution is 2.34. The Kier molecular flexibility index (Phi) is 51.6. The molecule has 4 fully saturated rings. The third kappa shape index (κ3) is 43.0. The Bertz CT molecular complexity index is 4860. The van der Waals surface area contributed by atoms with Crippen LogP contribution in [0.4, 0.5) is 0 Å². The molecule has 5 aliphatic rings. The van der Waals surface area contributed by atoms with Crippen molar-refractivity contribution in [3.8, 4) is 0 Å². The zero-order chi connectivity index (χ0) is 109. The number of aromatic nitrogens is 9. The normalized spacial score (nSPS) is 24.8. The van der Waals surface area contributed by atoms with Crippen LogP contribution in [0, 0.1) is 0 Å². The van der Waals surface area contributed by atoms with Gasteiger partial charge in [-0.25, -0.2) is 14.0 Å². The first kappa shape index (κ1) is 122. The molecule has 4 saturated heterocycles. The van der Waals surface area contributed by atoms with Crippen molar-refractivity contribution in [1.29, 1.82) is 0 Å². The first-order chi connectivity index (χ1) is 71.0. The molecule has 3 aromatic rings. The lowest BCUT2D eigenvalue weighted by Crippen LogP contribution is -2.66. The highest BCUT2D eigenvalue weighted by molar-refractivity contribution is 5.77. The fourth-order valence-electron chi connectivity index (χ4n) is 16.6. The van der Waals surface area contributed by atoms with Crippen molar-refractivity contribution in [1.82, 2.24) is 81.1 Å². The van der Waals surface area contributed by atoms with Gasteiger partial charge >= 0.3 is 71.6 Å². The summed E-state index contributed by atoms with van der Waals surface area (Å²) in [6.07, 6.45) is -14.4. The number of rotatable bonds is 64. The highest BCUT2D eigenvalue weighted by atomic mass is 16.8. The number of hydrogen-bond acceptors (Lipinski definition) is 51. The summed E-state index contributed by atoms with van der Waals surface area (Å²) in [5.41, 5.74) is 1.21. The second kappa shape index (κ2) is 63.0. The summed E-state index contributed by atoms with van der Waals surface area (Å²) in [4.78, 5) is 202. The van der Waals surface area contributed by atoms with Gasteiger partial charge in [0.2, 0.25) is 23.6 Å². The zero-order valence-corrected chi connectivity index (χ0v) is 86.2. The fourth-order valence-corrected chi connectivity index (χ4v) is 16.6. The molecule has 59 nitrogen and oxygen atoms in total. The van der Waals surface area contributed by atoms with Gasteiger partial charge in [-0.1, -0.05) is 27.3 Å². The molecule has 0 radical (unpaired) electrons. The minimum Gasteiger partial charge on any atom is -0.480 e. The Hall–Kier alpha value is -12.3. The van der Waals surface area contributed by atoms with Gasteiger partial charge in [-0.2, -0.15) is 5.11 Å². The van der Waals surface area contributed by atoms with Crippen LogP contribution < -0.4 is 21.3 Å². The van der Waals surface area contributed by atoms with Crippen molar-refractivity contribution in [2.24, 2.45) is 10.3 Å². The number of hydrogen-bond donors (Lipinski definition) is 5. The third-order valence-electron chi connectivity index (χ3n) is 22.3. The van der Waals surface area contributed by atoms with Crippen molar-refractivity contribution in [3.63, 3.8) is 0 Å². The van der Waals surface area contributed by atoms with Gasteiger partial charge in [-0.05, 0) is 26.3 Å². The van der Waals surface area contributed by atoms with E-state index in [1.807, 2.05) is 0 Å². The van der Waals surface area contributed by atoms with Gasteiger partial charge in [0.1, 0.15) is 93.2 Å². The number of esters is 11. The Balaban J connectivity index is 0.965. The summed E-state index contributed by atoms with van der Waals surface area (Å²) in [5.74, 6) is -11.5. The van der Waals surface area contributed by atoms with Gasteiger partial charge in [-0.15, -0.1) is 15.3 Å². The summed E-state index contributed by atoms with van der Waals surface area (Å²) in [6.45, 7) is 18.8. The van der Waals surface area contributed by atoms with Crippen LogP contribution >= 0.6 is 0 Å². The smallest absolute Gasteiger partial charge is 0.320 e. The molecule has 149 heavy (non-hydrogen) atoms. The van der Waals surface area contributed by atoms with Crippen LogP contribution in [0.5, 0.6) is 0 Å². The predicted molar refractivity (Wildman–Crippen MR) is 493 cm³/mol. The predicted octanol–water partition coefficient (Wildman–Crippen LogP) is -3.13. The molecule has 22 unspecified atom stereocenters. The van der Waals surface area contributed by atoms with E-state index in [9.17, 15) is 81.8 Å². The second-order valence-electron chi connectivity index (χ2n) is 34.8. The zero-order valence-electron chi connectivity index (χ0n) is 86.2. The summed E-state index contributed by atoms with van der Waals surface area (Å²) in [7, 11) is 0. The van der Waals surface area contributed by atoms with Gasteiger partial charge in [0, 0.05) is 155 Å². The number of carbonyl (C=O) groups is 16. The van der Waals surface area contributed by atoms with E-state index in [-0.39, 0.29) is 145 Å². The van der Waals surface area contributed by atoms with E-state index in [4.69, 9.17) is 114 Å². The van der Waals surface area contributed by atoms with E-state index in [1.54, 1.807) is 40.1 Å². The number of unbranched alkanes of at least 4 members (excludes halogenated alkanes) is 1. The number of ether oxygens (including phenoxy) is 24. The monoisotopic (exact) mass is 2130 g/mol. The minimum atomic E-state index is -1.36. The van der Waals surface area contributed by atoms with Gasteiger partial charge in [0.25, 0.3) is 0 Å². The van der Waals surface area contributed by atoms with E-state index >= 15 is 0 Å². The molecule has 834 valence electrons. The van der Waals surface area contributed by atoms with Crippen LogP contribution in [0.1, 0.15) is 147 Å². The molecule has 0 aliphatic carbocycles. The topological polar surface area (TPSA) is 690 Å². The first-order valence-electron chi connectivity index (χ1n) is 48.3. The van der Waals surface area contributed by atoms with Crippen LogP contribution in [0.3, 0.4) is 0 Å². The highest BCUT2D eigenvalue weighted by Gasteiger charge is 2.56. The molecule has 0 spiro atoms. The molecule has 0 saturated carbocycles. The number of carboxylic acids is 1. The van der Waals surface area contributed by atoms with Crippen molar-refractivity contribution >= 4 is 95.3 Å². The number of carbonyl (C=O) groups excluding carboxylic acids is 15. The van der Waals surface area contributed by atoms with Crippen LogP contribution in [-0.2, 0) is 230 Å². The molecule has 8 heterocycles. The lowest BCUT2D eigenvalue weighted by atomic mass is 9.96. The SMILES string of the molecule is CCOC1C(NC(C)=O)C(OCCOCCn2cc(CN(Cc3cn(CCOCCOC4OC(COC(C)=O)C(OC(C)=O)C(OC(C)=O)C4NC(C)=O)nn3)C(CCCCN(Cc3cn(CCOCCOC4OC(COC(C)=O)C(OC(C)=O)C(OC(C)=O)C4NC(C)=O)nn3)CC3CN(CCOCCOC4OC(COC(C)=O)C(OC(C)=O)C(OC(C)=O)C4NC(C)=O)N=N3)C(=O)O)nn2)OC(COC(C)=O)C1OC(C)=O. The van der Waals surface area contributed by atoms with E-state index in [0.29, 0.717) is 49.6 Å². The molecule has 3 aromatic heterocycles. The summed E-state index contributed by atoms with van der Waals surface area (Å²) in [5, 5.41) is 59.2. The van der Waals surface area contributed by atoms with E-state index < -0.39 is 250 Å². The van der Waals surface area contributed by atoms with Crippen LogP contribution in [0.15, 0.2) is 28.9 Å². The number of aliphatic carboxylic acids is 1.